The molecule has 0 saturated carbocycles. The van der Waals surface area contributed by atoms with Crippen molar-refractivity contribution in [2.24, 2.45) is 0 Å². The lowest BCUT2D eigenvalue weighted by Crippen LogP contribution is -2.39. The highest BCUT2D eigenvalue weighted by molar-refractivity contribution is 7.76. The van der Waals surface area contributed by atoms with Gasteiger partial charge in [0.25, 0.3) is 0 Å². The third-order valence-corrected chi connectivity index (χ3v) is 8.05. The third kappa shape index (κ3) is 4.34. The molecule has 0 aromatic heterocycles. The Morgan fingerprint density at radius 1 is 0.828 bits per heavy atom. The first-order chi connectivity index (χ1) is 14.1. The molecule has 3 aromatic rings. The van der Waals surface area contributed by atoms with E-state index in [2.05, 4.69) is 0 Å². The lowest BCUT2D eigenvalue weighted by molar-refractivity contribution is -0.148. The Morgan fingerprint density at radius 2 is 1.28 bits per heavy atom. The third-order valence-electron chi connectivity index (χ3n) is 4.82. The predicted molar refractivity (Wildman–Crippen MR) is 118 cm³/mol. The maximum atomic E-state index is 14.8. The smallest absolute Gasteiger partial charge is 0.328 e. The van der Waals surface area contributed by atoms with Gasteiger partial charge >= 0.3 is 5.97 Å². The van der Waals surface area contributed by atoms with Crippen LogP contribution in [0.5, 0.6) is 0 Å². The Morgan fingerprint density at radius 3 is 1.69 bits per heavy atom. The molecule has 0 spiro atoms. The van der Waals surface area contributed by atoms with Crippen molar-refractivity contribution >= 4 is 23.9 Å². The fourth-order valence-electron chi connectivity index (χ4n) is 3.54. The van der Waals surface area contributed by atoms with Crippen molar-refractivity contribution in [2.75, 3.05) is 13.2 Å². The molecule has 0 fully saturated rings. The quantitative estimate of drug-likeness (QED) is 0.406. The molecule has 1 atom stereocenters. The SMILES string of the molecule is CCOC(=O)C(c1ccccc1)N(CC)P(=O)(c1ccccc1)c1ccccc1. The first-order valence-electron chi connectivity index (χ1n) is 9.82. The highest BCUT2D eigenvalue weighted by atomic mass is 31.2. The molecular formula is C24H26NO3P. The first-order valence-corrected chi connectivity index (χ1v) is 11.5. The van der Waals surface area contributed by atoms with E-state index in [-0.39, 0.29) is 6.61 Å². The standard InChI is InChI=1S/C24H26NO3P/c1-3-25(23(24(26)28-4-2)20-14-8-5-9-15-20)29(27,21-16-10-6-11-17-21)22-18-12-7-13-19-22/h5-19,23H,3-4H2,1-2H3. The second kappa shape index (κ2) is 9.69. The van der Waals surface area contributed by atoms with Crippen LogP contribution in [0.1, 0.15) is 25.5 Å². The summed E-state index contributed by atoms with van der Waals surface area (Å²) >= 11 is 0. The van der Waals surface area contributed by atoms with Crippen molar-refractivity contribution < 1.29 is 14.1 Å². The summed E-state index contributed by atoms with van der Waals surface area (Å²) in [6.45, 7) is 4.39. The Hall–Kier alpha value is -2.68. The second-order valence-electron chi connectivity index (χ2n) is 6.57. The van der Waals surface area contributed by atoms with E-state index in [1.807, 2.05) is 97.9 Å². The predicted octanol–water partition coefficient (Wildman–Crippen LogP) is 4.54. The zero-order valence-electron chi connectivity index (χ0n) is 16.8. The summed E-state index contributed by atoms with van der Waals surface area (Å²) in [6, 6.07) is 27.4. The molecule has 1 unspecified atom stereocenters. The number of carbonyl (C=O) groups excluding carboxylic acids is 1. The zero-order chi connectivity index (χ0) is 20.7. The van der Waals surface area contributed by atoms with Crippen molar-refractivity contribution in [3.8, 4) is 0 Å². The molecule has 0 aliphatic carbocycles. The molecule has 150 valence electrons. The molecular weight excluding hydrogens is 381 g/mol. The normalized spacial score (nSPS) is 12.5. The molecule has 3 rings (SSSR count). The number of nitrogens with zero attached hydrogens (tertiary/aromatic N) is 1. The van der Waals surface area contributed by atoms with E-state index in [1.54, 1.807) is 11.6 Å². The number of ether oxygens (including phenoxy) is 1. The molecule has 3 aromatic carbocycles. The van der Waals surface area contributed by atoms with Crippen LogP contribution in [0.15, 0.2) is 91.0 Å². The van der Waals surface area contributed by atoms with Gasteiger partial charge in [0.05, 0.1) is 6.61 Å². The van der Waals surface area contributed by atoms with Gasteiger partial charge < -0.3 is 4.74 Å². The Balaban J connectivity index is 2.23. The van der Waals surface area contributed by atoms with Crippen LogP contribution in [-0.2, 0) is 14.1 Å². The topological polar surface area (TPSA) is 46.6 Å². The Bertz CT molecular complexity index is 918. The van der Waals surface area contributed by atoms with Gasteiger partial charge in [0.1, 0.15) is 6.04 Å². The molecule has 5 heteroatoms. The van der Waals surface area contributed by atoms with E-state index in [0.29, 0.717) is 17.2 Å². The van der Waals surface area contributed by atoms with Gasteiger partial charge in [0, 0.05) is 17.2 Å². The number of esters is 1. The van der Waals surface area contributed by atoms with Crippen molar-refractivity contribution in [3.05, 3.63) is 96.6 Å². The van der Waals surface area contributed by atoms with E-state index < -0.39 is 19.3 Å². The van der Waals surface area contributed by atoms with Crippen molar-refractivity contribution in [3.63, 3.8) is 0 Å². The van der Waals surface area contributed by atoms with Gasteiger partial charge in [-0.25, -0.2) is 9.46 Å². The van der Waals surface area contributed by atoms with Gasteiger partial charge in [-0.2, -0.15) is 0 Å². The minimum Gasteiger partial charge on any atom is -0.465 e. The van der Waals surface area contributed by atoms with E-state index in [1.165, 1.54) is 0 Å². The highest BCUT2D eigenvalue weighted by Crippen LogP contribution is 2.52. The molecule has 29 heavy (non-hydrogen) atoms. The number of rotatable bonds is 8. The van der Waals surface area contributed by atoms with Crippen LogP contribution in [0.2, 0.25) is 0 Å². The van der Waals surface area contributed by atoms with Gasteiger partial charge in [-0.3, -0.25) is 4.57 Å². The molecule has 0 aliphatic heterocycles. The van der Waals surface area contributed by atoms with Crippen LogP contribution in [-0.4, -0.2) is 23.8 Å². The Kier molecular flexibility index (Phi) is 7.03. The fourth-order valence-corrected chi connectivity index (χ4v) is 6.53. The monoisotopic (exact) mass is 407 g/mol. The largest absolute Gasteiger partial charge is 0.465 e. The number of hydrogen-bond acceptors (Lipinski definition) is 3. The van der Waals surface area contributed by atoms with Gasteiger partial charge in [0.15, 0.2) is 0 Å². The molecule has 0 saturated heterocycles. The lowest BCUT2D eigenvalue weighted by Gasteiger charge is -2.36. The van der Waals surface area contributed by atoms with Crippen LogP contribution >= 0.6 is 7.29 Å². The summed E-state index contributed by atoms with van der Waals surface area (Å²) in [5, 5.41) is 1.39. The minimum atomic E-state index is -3.30. The first kappa shape index (κ1) is 21.0. The summed E-state index contributed by atoms with van der Waals surface area (Å²) in [4.78, 5) is 13.1. The second-order valence-corrected chi connectivity index (χ2v) is 9.27. The number of likely N-dealkylation sites (N-methyl/N-ethyl adjacent to an activating group) is 1. The number of benzene rings is 3. The summed E-state index contributed by atoms with van der Waals surface area (Å²) in [5.74, 6) is -0.396. The average Bonchev–Trinajstić information content (AvgIpc) is 2.78. The lowest BCUT2D eigenvalue weighted by atomic mass is 10.1. The zero-order valence-corrected chi connectivity index (χ0v) is 17.7. The minimum absolute atomic E-state index is 0.265. The van der Waals surface area contributed by atoms with Gasteiger partial charge in [0.2, 0.25) is 7.29 Å². The molecule has 0 aliphatic rings. The van der Waals surface area contributed by atoms with Crippen molar-refractivity contribution in [1.82, 2.24) is 4.67 Å². The van der Waals surface area contributed by atoms with Crippen LogP contribution in [0.4, 0.5) is 0 Å². The molecule has 0 heterocycles. The molecule has 0 N–H and O–H groups in total. The fraction of sp³-hybridized carbons (Fsp3) is 0.208. The summed E-state index contributed by atoms with van der Waals surface area (Å²) in [5.41, 5.74) is 0.764. The summed E-state index contributed by atoms with van der Waals surface area (Å²) in [6.07, 6.45) is 0. The molecule has 0 bridgehead atoms. The van der Waals surface area contributed by atoms with Gasteiger partial charge in [-0.1, -0.05) is 73.7 Å². The van der Waals surface area contributed by atoms with E-state index >= 15 is 0 Å². The maximum Gasteiger partial charge on any atom is 0.328 e. The summed E-state index contributed by atoms with van der Waals surface area (Å²) in [7, 11) is -3.30. The molecule has 0 radical (unpaired) electrons. The van der Waals surface area contributed by atoms with Crippen LogP contribution < -0.4 is 10.6 Å². The van der Waals surface area contributed by atoms with E-state index in [0.717, 1.165) is 5.56 Å². The van der Waals surface area contributed by atoms with E-state index in [4.69, 9.17) is 4.74 Å². The number of carbonyl (C=O) groups is 1. The van der Waals surface area contributed by atoms with Crippen molar-refractivity contribution in [2.45, 2.75) is 19.9 Å². The number of hydrogen-bond donors (Lipinski definition) is 0. The average molecular weight is 407 g/mol. The Labute approximate surface area is 172 Å². The maximum absolute atomic E-state index is 14.8. The molecule has 0 amide bonds. The van der Waals surface area contributed by atoms with Crippen LogP contribution in [0.3, 0.4) is 0 Å². The molecule has 4 nitrogen and oxygen atoms in total. The van der Waals surface area contributed by atoms with E-state index in [9.17, 15) is 9.36 Å². The summed E-state index contributed by atoms with van der Waals surface area (Å²) < 4.78 is 22.0. The van der Waals surface area contributed by atoms with Crippen LogP contribution in [0, 0.1) is 0 Å². The van der Waals surface area contributed by atoms with Crippen molar-refractivity contribution in [1.29, 1.82) is 0 Å². The van der Waals surface area contributed by atoms with Gasteiger partial charge in [-0.15, -0.1) is 0 Å². The van der Waals surface area contributed by atoms with Crippen LogP contribution in [0.25, 0.3) is 0 Å². The highest BCUT2D eigenvalue weighted by Gasteiger charge is 2.42. The van der Waals surface area contributed by atoms with Gasteiger partial charge in [-0.05, 0) is 36.8 Å².